The largest absolute Gasteiger partial charge is 0.454 e. The topological polar surface area (TPSA) is 56.7 Å². The van der Waals surface area contributed by atoms with E-state index in [9.17, 15) is 0 Å². The fraction of sp³-hybridized carbons (Fsp3) is 0. The summed E-state index contributed by atoms with van der Waals surface area (Å²) in [5, 5.41) is 4.26. The van der Waals surface area contributed by atoms with E-state index in [0.29, 0.717) is 28.6 Å². The van der Waals surface area contributed by atoms with Crippen molar-refractivity contribution in [3.05, 3.63) is 170 Å². The minimum Gasteiger partial charge on any atom is -0.454 e. The first-order chi connectivity index (χ1) is 26.9. The van der Waals surface area contributed by atoms with Crippen LogP contribution in [-0.2, 0) is 0 Å². The summed E-state index contributed by atoms with van der Waals surface area (Å²) in [6.45, 7) is 0. The molecule has 3 aromatic heterocycles. The molecule has 0 atom stereocenters. The lowest BCUT2D eigenvalue weighted by atomic mass is 10.0. The Hall–Kier alpha value is -6.85. The van der Waals surface area contributed by atoms with Crippen LogP contribution in [0.15, 0.2) is 174 Å². The van der Waals surface area contributed by atoms with Gasteiger partial charge < -0.3 is 8.98 Å². The van der Waals surface area contributed by atoms with E-state index >= 15 is 0 Å². The van der Waals surface area contributed by atoms with Gasteiger partial charge in [-0.1, -0.05) is 133 Å². The Labute approximate surface area is 294 Å². The maximum atomic E-state index is 8.43. The van der Waals surface area contributed by atoms with E-state index in [2.05, 4.69) is 77.4 Å². The zero-order chi connectivity index (χ0) is 37.4. The molecule has 0 unspecified atom stereocenters. The summed E-state index contributed by atoms with van der Waals surface area (Å²) in [5.41, 5.74) is 7.61. The number of para-hydroxylation sites is 3. The van der Waals surface area contributed by atoms with Gasteiger partial charge in [0.25, 0.3) is 0 Å². The van der Waals surface area contributed by atoms with Crippen LogP contribution in [0.4, 0.5) is 0 Å². The van der Waals surface area contributed by atoms with E-state index < -0.39 is 6.04 Å². The molecule has 0 fully saturated rings. The van der Waals surface area contributed by atoms with Crippen LogP contribution in [0.25, 0.3) is 94.7 Å². The second-order valence-electron chi connectivity index (χ2n) is 12.1. The fourth-order valence-electron chi connectivity index (χ4n) is 6.81. The third-order valence-electron chi connectivity index (χ3n) is 9.15. The maximum absolute atomic E-state index is 8.43. The van der Waals surface area contributed by atoms with Gasteiger partial charge in [0.05, 0.1) is 23.6 Å². The van der Waals surface area contributed by atoms with Gasteiger partial charge in [0.15, 0.2) is 23.1 Å². The Balaban J connectivity index is 1.11. The van der Waals surface area contributed by atoms with Gasteiger partial charge >= 0.3 is 0 Å². The zero-order valence-corrected chi connectivity index (χ0v) is 26.5. The van der Waals surface area contributed by atoms with E-state index in [1.54, 1.807) is 24.3 Å². The lowest BCUT2D eigenvalue weighted by Crippen LogP contribution is -2.00. The molecule has 10 aromatic rings. The van der Waals surface area contributed by atoms with Crippen LogP contribution in [0.5, 0.6) is 0 Å². The minimum absolute atomic E-state index is 0.140. The Morgan fingerprint density at radius 3 is 1.70 bits per heavy atom. The molecule has 0 spiro atoms. The summed E-state index contributed by atoms with van der Waals surface area (Å²) in [5.74, 6) is 1.41. The summed E-state index contributed by atoms with van der Waals surface area (Å²) in [7, 11) is 0. The predicted molar refractivity (Wildman–Crippen MR) is 203 cm³/mol. The quantitative estimate of drug-likeness (QED) is 0.187. The smallest absolute Gasteiger partial charge is 0.164 e. The third kappa shape index (κ3) is 4.60. The van der Waals surface area contributed by atoms with Gasteiger partial charge in [0.1, 0.15) is 5.58 Å². The van der Waals surface area contributed by atoms with Crippen molar-refractivity contribution >= 4 is 43.7 Å². The van der Waals surface area contributed by atoms with Gasteiger partial charge in [-0.3, -0.25) is 0 Å². The van der Waals surface area contributed by atoms with Crippen molar-refractivity contribution in [3.63, 3.8) is 0 Å². The van der Waals surface area contributed by atoms with Crippen LogP contribution in [0, 0.1) is 0 Å². The second kappa shape index (κ2) is 11.4. The lowest BCUT2D eigenvalue weighted by Gasteiger charge is -2.09. The molecule has 7 aromatic carbocycles. The third-order valence-corrected chi connectivity index (χ3v) is 9.15. The summed E-state index contributed by atoms with van der Waals surface area (Å²) < 4.78 is 50.0. The molecule has 10 rings (SSSR count). The number of benzene rings is 7. The van der Waals surface area contributed by atoms with Crippen LogP contribution in [0.1, 0.15) is 6.85 Å². The first-order valence-electron chi connectivity index (χ1n) is 18.8. The average molecular weight is 646 g/mol. The van der Waals surface area contributed by atoms with Gasteiger partial charge in [0, 0.05) is 38.2 Å². The zero-order valence-electron chi connectivity index (χ0n) is 31.5. The number of hydrogen-bond donors (Lipinski definition) is 0. The van der Waals surface area contributed by atoms with Crippen molar-refractivity contribution in [1.82, 2.24) is 19.5 Å². The standard InChI is InChI=1S/C45H28N4O/c1-3-12-29(13-4-1)30-22-24-32(25-23-30)44-46-43(31-14-5-2-6-15-31)47-45(48-44)33-26-27-41-37(28-33)36-18-11-21-40(42(36)50-41)49-38-19-9-7-16-34(38)35-17-8-10-20-39(35)49/h1-28H/i1D,3D,4D,12D,13D. The molecule has 0 radical (unpaired) electrons. The Morgan fingerprint density at radius 2 is 1.00 bits per heavy atom. The molecule has 0 N–H and O–H groups in total. The lowest BCUT2D eigenvalue weighted by molar-refractivity contribution is 0.666. The fourth-order valence-corrected chi connectivity index (χ4v) is 6.81. The number of hydrogen-bond acceptors (Lipinski definition) is 4. The summed E-state index contributed by atoms with van der Waals surface area (Å²) in [6.07, 6.45) is 0. The molecule has 50 heavy (non-hydrogen) atoms. The molecule has 5 heteroatoms. The highest BCUT2D eigenvalue weighted by atomic mass is 16.3. The molecular weight excluding hydrogens is 613 g/mol. The van der Waals surface area contributed by atoms with Crippen molar-refractivity contribution < 1.29 is 11.3 Å². The molecule has 0 saturated heterocycles. The van der Waals surface area contributed by atoms with E-state index in [4.69, 9.17) is 26.2 Å². The Morgan fingerprint density at radius 1 is 0.440 bits per heavy atom. The van der Waals surface area contributed by atoms with Crippen LogP contribution in [0.3, 0.4) is 0 Å². The molecule has 0 saturated carbocycles. The number of fused-ring (bicyclic) bond motifs is 6. The normalized spacial score (nSPS) is 13.0. The summed E-state index contributed by atoms with van der Waals surface area (Å²) in [4.78, 5) is 14.8. The predicted octanol–water partition coefficient (Wildman–Crippen LogP) is 11.5. The first-order valence-corrected chi connectivity index (χ1v) is 16.3. The average Bonchev–Trinajstić information content (AvgIpc) is 3.78. The SMILES string of the molecule is [2H]c1c([2H])c([2H])c(-c2ccc(-c3nc(-c4ccccc4)nc(-c4ccc5oc6c(-n7c8ccccc8c8ccccc87)cccc6c5c4)n3)cc2)c([2H])c1[2H]. The van der Waals surface area contributed by atoms with E-state index in [1.807, 2.05) is 42.5 Å². The van der Waals surface area contributed by atoms with Crippen LogP contribution < -0.4 is 0 Å². The van der Waals surface area contributed by atoms with Crippen molar-refractivity contribution in [1.29, 1.82) is 0 Å². The van der Waals surface area contributed by atoms with Crippen molar-refractivity contribution in [3.8, 4) is 51.0 Å². The second-order valence-corrected chi connectivity index (χ2v) is 12.1. The van der Waals surface area contributed by atoms with Gasteiger partial charge in [-0.05, 0) is 47.5 Å². The molecule has 0 aliphatic carbocycles. The molecule has 234 valence electrons. The number of aromatic nitrogens is 4. The molecular formula is C45H28N4O. The number of nitrogens with zero attached hydrogens (tertiary/aromatic N) is 4. The van der Waals surface area contributed by atoms with E-state index in [0.717, 1.165) is 49.8 Å². The highest BCUT2D eigenvalue weighted by Crippen LogP contribution is 2.39. The van der Waals surface area contributed by atoms with Gasteiger partial charge in [0.2, 0.25) is 0 Å². The van der Waals surface area contributed by atoms with Crippen LogP contribution in [-0.4, -0.2) is 19.5 Å². The number of furan rings is 1. The Bertz CT molecular complexity index is 3070. The maximum Gasteiger partial charge on any atom is 0.164 e. The highest BCUT2D eigenvalue weighted by Gasteiger charge is 2.19. The van der Waals surface area contributed by atoms with E-state index in [-0.39, 0.29) is 29.7 Å². The summed E-state index contributed by atoms with van der Waals surface area (Å²) in [6, 6.07) is 44.1. The van der Waals surface area contributed by atoms with Gasteiger partial charge in [-0.15, -0.1) is 0 Å². The molecule has 5 nitrogen and oxygen atoms in total. The molecule has 0 aliphatic rings. The Kier molecular flexibility index (Phi) is 5.35. The summed E-state index contributed by atoms with van der Waals surface area (Å²) >= 11 is 0. The molecule has 0 bridgehead atoms. The van der Waals surface area contributed by atoms with Crippen LogP contribution >= 0.6 is 0 Å². The van der Waals surface area contributed by atoms with Crippen molar-refractivity contribution in [2.24, 2.45) is 0 Å². The van der Waals surface area contributed by atoms with Crippen molar-refractivity contribution in [2.75, 3.05) is 0 Å². The first kappa shape index (κ1) is 23.5. The van der Waals surface area contributed by atoms with Gasteiger partial charge in [-0.2, -0.15) is 0 Å². The highest BCUT2D eigenvalue weighted by molar-refractivity contribution is 6.13. The van der Waals surface area contributed by atoms with Crippen LogP contribution in [0.2, 0.25) is 0 Å². The molecule has 0 amide bonds. The van der Waals surface area contributed by atoms with Crippen molar-refractivity contribution in [2.45, 2.75) is 0 Å². The molecule has 0 aliphatic heterocycles. The van der Waals surface area contributed by atoms with E-state index in [1.165, 1.54) is 10.8 Å². The number of rotatable bonds is 5. The van der Waals surface area contributed by atoms with Gasteiger partial charge in [-0.25, -0.2) is 15.0 Å². The minimum atomic E-state index is -0.424. The monoisotopic (exact) mass is 645 g/mol. The molecule has 3 heterocycles.